The van der Waals surface area contributed by atoms with Crippen LogP contribution < -0.4 is 24.4 Å². The number of hydrogen-bond donors (Lipinski definition) is 1. The van der Waals surface area contributed by atoms with E-state index in [0.717, 1.165) is 11.3 Å². The highest BCUT2D eigenvalue weighted by atomic mass is 35.5. The van der Waals surface area contributed by atoms with Crippen molar-refractivity contribution in [1.82, 2.24) is 4.57 Å². The molecule has 0 saturated heterocycles. The second kappa shape index (κ2) is 11.2. The van der Waals surface area contributed by atoms with E-state index < -0.39 is 17.6 Å². The number of allylic oxidation sites excluding steroid dienone is 1. The second-order valence-electron chi connectivity index (χ2n) is 8.70. The Kier molecular flexibility index (Phi) is 8.20. The fourth-order valence-electron chi connectivity index (χ4n) is 4.15. The number of rotatable bonds is 7. The Morgan fingerprint density at radius 3 is 2.63 bits per heavy atom. The van der Waals surface area contributed by atoms with Gasteiger partial charge in [-0.05, 0) is 63.6 Å². The normalized spacial score (nSPS) is 15.4. The van der Waals surface area contributed by atoms with Gasteiger partial charge < -0.3 is 19.3 Å². The number of ether oxygens (including phenoxy) is 3. The fraction of sp³-hybridized carbons (Fsp3) is 0.296. The number of aromatic nitrogens is 1. The molecule has 0 aliphatic carbocycles. The molecular formula is C27H26Cl2N2O6S. The summed E-state index contributed by atoms with van der Waals surface area (Å²) in [6.45, 7) is 7.38. The van der Waals surface area contributed by atoms with Crippen molar-refractivity contribution in [3.8, 4) is 17.2 Å². The molecule has 0 saturated carbocycles. The Labute approximate surface area is 233 Å². The molecule has 0 radical (unpaired) electrons. The van der Waals surface area contributed by atoms with Crippen LogP contribution in [-0.2, 0) is 9.53 Å². The number of aromatic hydroxyl groups is 1. The molecule has 200 valence electrons. The van der Waals surface area contributed by atoms with Gasteiger partial charge in [-0.1, -0.05) is 40.6 Å². The summed E-state index contributed by atoms with van der Waals surface area (Å²) in [7, 11) is 1.52. The standard InChI is InChI=1S/C27H26Cl2N2O6S/c1-6-36-26(34)22-14(4)30-27-31(23(22)15-7-8-19(37-13(2)3)20(10-15)35-5)25(33)21(38-27)11-16-9-17(28)12-18(29)24(16)32/h7-13,23,32H,6H2,1-5H3/b21-11-/t23-/m0/s1. The summed E-state index contributed by atoms with van der Waals surface area (Å²) in [5, 5.41) is 10.8. The van der Waals surface area contributed by atoms with E-state index in [4.69, 9.17) is 37.4 Å². The summed E-state index contributed by atoms with van der Waals surface area (Å²) in [6, 6.07) is 7.33. The number of carbonyl (C=O) groups excluding carboxylic acids is 1. The molecule has 0 spiro atoms. The number of phenols is 1. The zero-order valence-electron chi connectivity index (χ0n) is 21.4. The first-order valence-corrected chi connectivity index (χ1v) is 13.3. The van der Waals surface area contributed by atoms with Crippen LogP contribution in [0.4, 0.5) is 0 Å². The molecule has 3 aromatic rings. The van der Waals surface area contributed by atoms with E-state index in [0.29, 0.717) is 32.6 Å². The Morgan fingerprint density at radius 1 is 1.24 bits per heavy atom. The minimum absolute atomic E-state index is 0.0608. The summed E-state index contributed by atoms with van der Waals surface area (Å²) in [4.78, 5) is 31.8. The smallest absolute Gasteiger partial charge is 0.338 e. The van der Waals surface area contributed by atoms with Crippen molar-refractivity contribution in [2.75, 3.05) is 13.7 Å². The van der Waals surface area contributed by atoms with E-state index in [9.17, 15) is 14.7 Å². The first-order valence-electron chi connectivity index (χ1n) is 11.8. The third-order valence-corrected chi connectivity index (χ3v) is 7.22. The molecule has 2 aromatic carbocycles. The largest absolute Gasteiger partial charge is 0.506 e. The van der Waals surface area contributed by atoms with Gasteiger partial charge in [0.2, 0.25) is 0 Å². The number of hydrogen-bond acceptors (Lipinski definition) is 8. The number of carbonyl (C=O) groups is 1. The molecule has 1 aliphatic heterocycles. The van der Waals surface area contributed by atoms with Gasteiger partial charge in [0, 0.05) is 10.6 Å². The maximum atomic E-state index is 13.8. The topological polar surface area (TPSA) is 99.4 Å². The van der Waals surface area contributed by atoms with Crippen molar-refractivity contribution in [3.63, 3.8) is 0 Å². The van der Waals surface area contributed by atoms with Crippen molar-refractivity contribution < 1.29 is 24.1 Å². The predicted molar refractivity (Wildman–Crippen MR) is 147 cm³/mol. The average molecular weight is 577 g/mol. The lowest BCUT2D eigenvalue weighted by Gasteiger charge is -2.25. The highest BCUT2D eigenvalue weighted by molar-refractivity contribution is 7.07. The van der Waals surface area contributed by atoms with Crippen LogP contribution in [0.5, 0.6) is 17.2 Å². The zero-order valence-corrected chi connectivity index (χ0v) is 23.7. The van der Waals surface area contributed by atoms with Crippen molar-refractivity contribution in [1.29, 1.82) is 0 Å². The van der Waals surface area contributed by atoms with Crippen molar-refractivity contribution >= 4 is 46.6 Å². The van der Waals surface area contributed by atoms with Gasteiger partial charge in [-0.2, -0.15) is 0 Å². The van der Waals surface area contributed by atoms with Crippen LogP contribution in [-0.4, -0.2) is 35.5 Å². The van der Waals surface area contributed by atoms with Crippen molar-refractivity contribution in [3.05, 3.63) is 82.5 Å². The summed E-state index contributed by atoms with van der Waals surface area (Å²) < 4.78 is 18.5. The van der Waals surface area contributed by atoms with Gasteiger partial charge in [0.1, 0.15) is 5.75 Å². The van der Waals surface area contributed by atoms with Crippen LogP contribution in [0.1, 0.15) is 44.9 Å². The number of thiazole rings is 1. The molecule has 1 N–H and O–H groups in total. The highest BCUT2D eigenvalue weighted by Gasteiger charge is 2.34. The quantitative estimate of drug-likeness (QED) is 0.412. The Balaban J connectivity index is 1.97. The summed E-state index contributed by atoms with van der Waals surface area (Å²) in [5.41, 5.74) is 1.14. The van der Waals surface area contributed by atoms with E-state index in [1.807, 2.05) is 13.8 Å². The van der Waals surface area contributed by atoms with Crippen molar-refractivity contribution in [2.45, 2.75) is 39.8 Å². The lowest BCUT2D eigenvalue weighted by atomic mass is 9.95. The molecule has 11 heteroatoms. The fourth-order valence-corrected chi connectivity index (χ4v) is 5.70. The molecule has 0 bridgehead atoms. The number of halogens is 2. The second-order valence-corrected chi connectivity index (χ2v) is 10.6. The Bertz CT molecular complexity index is 1620. The summed E-state index contributed by atoms with van der Waals surface area (Å²) >= 11 is 13.3. The number of methoxy groups -OCH3 is 1. The van der Waals surface area contributed by atoms with E-state index in [2.05, 4.69) is 4.99 Å². The van der Waals surface area contributed by atoms with E-state index >= 15 is 0 Å². The number of esters is 1. The summed E-state index contributed by atoms with van der Waals surface area (Å²) in [5.74, 6) is 0.209. The monoisotopic (exact) mass is 576 g/mol. The molecule has 0 fully saturated rings. The van der Waals surface area contributed by atoms with Crippen LogP contribution in [0, 0.1) is 0 Å². The number of phenolic OH excluding ortho intramolecular Hbond substituents is 1. The van der Waals surface area contributed by atoms with Crippen LogP contribution in [0.2, 0.25) is 10.0 Å². The summed E-state index contributed by atoms with van der Waals surface area (Å²) in [6.07, 6.45) is 1.42. The minimum Gasteiger partial charge on any atom is -0.506 e. The molecule has 1 aliphatic rings. The molecule has 38 heavy (non-hydrogen) atoms. The lowest BCUT2D eigenvalue weighted by Crippen LogP contribution is -2.40. The molecule has 1 aromatic heterocycles. The van der Waals surface area contributed by atoms with Gasteiger partial charge in [0.15, 0.2) is 16.3 Å². The molecule has 0 amide bonds. The molecule has 8 nitrogen and oxygen atoms in total. The van der Waals surface area contributed by atoms with Gasteiger partial charge in [0.05, 0.1) is 46.7 Å². The predicted octanol–water partition coefficient (Wildman–Crippen LogP) is 4.61. The third kappa shape index (κ3) is 5.32. The van der Waals surface area contributed by atoms with Gasteiger partial charge in [0.25, 0.3) is 5.56 Å². The van der Waals surface area contributed by atoms with Crippen LogP contribution in [0.3, 0.4) is 0 Å². The van der Waals surface area contributed by atoms with Crippen LogP contribution in [0.25, 0.3) is 6.08 Å². The van der Waals surface area contributed by atoms with Gasteiger partial charge in [-0.25, -0.2) is 9.79 Å². The van der Waals surface area contributed by atoms with Crippen LogP contribution >= 0.6 is 34.5 Å². The molecule has 2 heterocycles. The number of benzene rings is 2. The SMILES string of the molecule is CCOC(=O)C1=C(C)N=c2s/c(=C\c3cc(Cl)cc(Cl)c3O)c(=O)n2[C@H]1c1ccc(OC(C)C)c(OC)c1. The maximum Gasteiger partial charge on any atom is 0.338 e. The molecule has 4 rings (SSSR count). The van der Waals surface area contributed by atoms with E-state index in [1.54, 1.807) is 32.0 Å². The van der Waals surface area contributed by atoms with Gasteiger partial charge in [-0.3, -0.25) is 9.36 Å². The van der Waals surface area contributed by atoms with E-state index in [1.165, 1.54) is 29.9 Å². The van der Waals surface area contributed by atoms with Gasteiger partial charge in [-0.15, -0.1) is 0 Å². The highest BCUT2D eigenvalue weighted by Crippen LogP contribution is 2.37. The maximum absolute atomic E-state index is 13.8. The minimum atomic E-state index is -0.842. The average Bonchev–Trinajstić information content (AvgIpc) is 3.15. The van der Waals surface area contributed by atoms with Gasteiger partial charge >= 0.3 is 5.97 Å². The van der Waals surface area contributed by atoms with E-state index in [-0.39, 0.29) is 39.2 Å². The van der Waals surface area contributed by atoms with Crippen LogP contribution in [0.15, 0.2) is 51.4 Å². The zero-order chi connectivity index (χ0) is 27.7. The Hall–Kier alpha value is -3.27. The lowest BCUT2D eigenvalue weighted by molar-refractivity contribution is -0.139. The molecule has 0 unspecified atom stereocenters. The first kappa shape index (κ1) is 27.8. The Morgan fingerprint density at radius 2 is 1.97 bits per heavy atom. The molecular weight excluding hydrogens is 551 g/mol. The number of fused-ring (bicyclic) bond motifs is 1. The van der Waals surface area contributed by atoms with Crippen molar-refractivity contribution in [2.24, 2.45) is 4.99 Å². The molecule has 1 atom stereocenters. The first-order chi connectivity index (χ1) is 18.0. The third-order valence-electron chi connectivity index (χ3n) is 5.73. The number of nitrogens with zero attached hydrogens (tertiary/aromatic N) is 2.